The summed E-state index contributed by atoms with van der Waals surface area (Å²) in [6.07, 6.45) is 0. The van der Waals surface area contributed by atoms with Crippen LogP contribution in [0.1, 0.15) is 25.7 Å². The average molecular weight is 390 g/mol. The molecule has 0 saturated carbocycles. The van der Waals surface area contributed by atoms with Crippen LogP contribution >= 0.6 is 43.2 Å². The molecule has 0 aliphatic heterocycles. The molecule has 1 aromatic heterocycles. The summed E-state index contributed by atoms with van der Waals surface area (Å²) in [5.74, 6) is 0.898. The Morgan fingerprint density at radius 3 is 2.44 bits per heavy atom. The predicted octanol–water partition coefficient (Wildman–Crippen LogP) is 5.62. The lowest BCUT2D eigenvalue weighted by Crippen LogP contribution is -1.97. The van der Waals surface area contributed by atoms with Crippen molar-refractivity contribution in [3.8, 4) is 5.75 Å². The Morgan fingerprint density at radius 2 is 1.89 bits per heavy atom. The van der Waals surface area contributed by atoms with Gasteiger partial charge in [0.15, 0.2) is 0 Å². The maximum atomic E-state index is 5.46. The van der Waals surface area contributed by atoms with Crippen molar-refractivity contribution in [1.82, 2.24) is 0 Å². The SMILES string of the molecule is COc1cc(Br)ccc1C(Br)c1cc(C)sc1C. The first-order valence-electron chi connectivity index (χ1n) is 5.57. The van der Waals surface area contributed by atoms with Crippen molar-refractivity contribution in [2.24, 2.45) is 0 Å². The highest BCUT2D eigenvalue weighted by atomic mass is 79.9. The second kappa shape index (κ2) is 5.76. The van der Waals surface area contributed by atoms with Gasteiger partial charge in [-0.3, -0.25) is 0 Å². The third-order valence-corrected chi connectivity index (χ3v) is 5.28. The topological polar surface area (TPSA) is 9.23 Å². The Kier molecular flexibility index (Phi) is 4.51. The van der Waals surface area contributed by atoms with E-state index in [0.29, 0.717) is 0 Å². The van der Waals surface area contributed by atoms with Crippen LogP contribution in [0, 0.1) is 13.8 Å². The number of thiophene rings is 1. The van der Waals surface area contributed by atoms with Crippen LogP contribution in [0.15, 0.2) is 28.7 Å². The summed E-state index contributed by atoms with van der Waals surface area (Å²) in [5, 5.41) is 0. The summed E-state index contributed by atoms with van der Waals surface area (Å²) in [5.41, 5.74) is 2.47. The molecule has 1 heterocycles. The maximum Gasteiger partial charge on any atom is 0.124 e. The van der Waals surface area contributed by atoms with Crippen LogP contribution in [0.5, 0.6) is 5.75 Å². The van der Waals surface area contributed by atoms with Crippen molar-refractivity contribution in [1.29, 1.82) is 0 Å². The van der Waals surface area contributed by atoms with Crippen molar-refractivity contribution < 1.29 is 4.74 Å². The van der Waals surface area contributed by atoms with Crippen molar-refractivity contribution in [3.63, 3.8) is 0 Å². The molecule has 1 aromatic carbocycles. The Morgan fingerprint density at radius 1 is 1.17 bits per heavy atom. The molecule has 2 aromatic rings. The van der Waals surface area contributed by atoms with Crippen LogP contribution in [0.2, 0.25) is 0 Å². The maximum absolute atomic E-state index is 5.46. The lowest BCUT2D eigenvalue weighted by atomic mass is 10.0. The van der Waals surface area contributed by atoms with E-state index in [1.165, 1.54) is 15.3 Å². The highest BCUT2D eigenvalue weighted by molar-refractivity contribution is 9.10. The minimum Gasteiger partial charge on any atom is -0.496 e. The molecule has 18 heavy (non-hydrogen) atoms. The Bertz CT molecular complexity index is 563. The van der Waals surface area contributed by atoms with Gasteiger partial charge in [0, 0.05) is 19.8 Å². The van der Waals surface area contributed by atoms with Gasteiger partial charge in [0.25, 0.3) is 0 Å². The van der Waals surface area contributed by atoms with Crippen LogP contribution in [-0.2, 0) is 0 Å². The number of methoxy groups -OCH3 is 1. The van der Waals surface area contributed by atoms with Gasteiger partial charge in [0.2, 0.25) is 0 Å². The number of benzene rings is 1. The number of hydrogen-bond acceptors (Lipinski definition) is 2. The standard InChI is InChI=1S/C14H14Br2OS/c1-8-6-12(9(2)18-8)14(16)11-5-4-10(15)7-13(11)17-3/h4-7,14H,1-3H3. The monoisotopic (exact) mass is 388 g/mol. The largest absolute Gasteiger partial charge is 0.496 e. The average Bonchev–Trinajstić information content (AvgIpc) is 2.67. The lowest BCUT2D eigenvalue weighted by molar-refractivity contribution is 0.410. The van der Waals surface area contributed by atoms with Crippen molar-refractivity contribution in [2.75, 3.05) is 7.11 Å². The van der Waals surface area contributed by atoms with Gasteiger partial charge >= 0.3 is 0 Å². The molecule has 0 amide bonds. The summed E-state index contributed by atoms with van der Waals surface area (Å²) in [6, 6.07) is 8.37. The highest BCUT2D eigenvalue weighted by Crippen LogP contribution is 2.41. The van der Waals surface area contributed by atoms with Crippen LogP contribution in [0.25, 0.3) is 0 Å². The van der Waals surface area contributed by atoms with E-state index in [0.717, 1.165) is 15.8 Å². The first kappa shape index (κ1) is 14.1. The third kappa shape index (κ3) is 2.81. The molecule has 0 bridgehead atoms. The molecule has 0 saturated heterocycles. The van der Waals surface area contributed by atoms with Crippen LogP contribution in [0.3, 0.4) is 0 Å². The zero-order valence-corrected chi connectivity index (χ0v) is 14.4. The van der Waals surface area contributed by atoms with E-state index >= 15 is 0 Å². The number of halogens is 2. The van der Waals surface area contributed by atoms with Crippen LogP contribution < -0.4 is 4.74 Å². The Balaban J connectivity index is 2.45. The fourth-order valence-electron chi connectivity index (χ4n) is 1.96. The summed E-state index contributed by atoms with van der Waals surface area (Å²) >= 11 is 9.08. The smallest absolute Gasteiger partial charge is 0.124 e. The molecule has 0 N–H and O–H groups in total. The fraction of sp³-hybridized carbons (Fsp3) is 0.286. The molecule has 0 spiro atoms. The van der Waals surface area contributed by atoms with E-state index in [1.54, 1.807) is 7.11 Å². The zero-order chi connectivity index (χ0) is 13.3. The number of ether oxygens (including phenoxy) is 1. The molecular formula is C14H14Br2OS. The molecular weight excluding hydrogens is 376 g/mol. The quantitative estimate of drug-likeness (QED) is 0.619. The van der Waals surface area contributed by atoms with Gasteiger partial charge in [-0.05, 0) is 37.6 Å². The van der Waals surface area contributed by atoms with Gasteiger partial charge in [0.1, 0.15) is 5.75 Å². The summed E-state index contributed by atoms with van der Waals surface area (Å²) in [7, 11) is 1.71. The van der Waals surface area contributed by atoms with Crippen molar-refractivity contribution >= 4 is 43.2 Å². The van der Waals surface area contributed by atoms with Crippen LogP contribution in [0.4, 0.5) is 0 Å². The van der Waals surface area contributed by atoms with E-state index in [-0.39, 0.29) is 4.83 Å². The third-order valence-electron chi connectivity index (χ3n) is 2.82. The van der Waals surface area contributed by atoms with E-state index < -0.39 is 0 Å². The molecule has 0 aliphatic rings. The van der Waals surface area contributed by atoms with Crippen LogP contribution in [-0.4, -0.2) is 7.11 Å². The molecule has 96 valence electrons. The molecule has 2 rings (SSSR count). The number of alkyl halides is 1. The highest BCUT2D eigenvalue weighted by Gasteiger charge is 2.18. The molecule has 1 atom stereocenters. The second-order valence-electron chi connectivity index (χ2n) is 4.12. The summed E-state index contributed by atoms with van der Waals surface area (Å²) in [4.78, 5) is 2.85. The van der Waals surface area contributed by atoms with Crippen molar-refractivity contribution in [3.05, 3.63) is 49.6 Å². The summed E-state index contributed by atoms with van der Waals surface area (Å²) in [6.45, 7) is 4.30. The number of rotatable bonds is 3. The predicted molar refractivity (Wildman–Crippen MR) is 85.3 cm³/mol. The molecule has 4 heteroatoms. The second-order valence-corrected chi connectivity index (χ2v) is 7.41. The van der Waals surface area contributed by atoms with Gasteiger partial charge in [-0.15, -0.1) is 11.3 Å². The van der Waals surface area contributed by atoms with E-state index in [1.807, 2.05) is 23.5 Å². The van der Waals surface area contributed by atoms with Gasteiger partial charge in [-0.1, -0.05) is 37.9 Å². The van der Waals surface area contributed by atoms with E-state index in [2.05, 4.69) is 57.8 Å². The first-order chi connectivity index (χ1) is 8.52. The van der Waals surface area contributed by atoms with Crippen molar-refractivity contribution in [2.45, 2.75) is 18.7 Å². The lowest BCUT2D eigenvalue weighted by Gasteiger charge is -2.14. The normalized spacial score (nSPS) is 12.5. The number of aryl methyl sites for hydroxylation is 2. The molecule has 1 unspecified atom stereocenters. The fourth-order valence-corrected chi connectivity index (χ4v) is 4.27. The van der Waals surface area contributed by atoms with Gasteiger partial charge in [-0.2, -0.15) is 0 Å². The van der Waals surface area contributed by atoms with E-state index in [9.17, 15) is 0 Å². The Hall–Kier alpha value is -0.320. The Labute approximate surface area is 128 Å². The minimum absolute atomic E-state index is 0.172. The summed E-state index contributed by atoms with van der Waals surface area (Å²) < 4.78 is 6.49. The van der Waals surface area contributed by atoms with Gasteiger partial charge in [-0.25, -0.2) is 0 Å². The molecule has 0 radical (unpaired) electrons. The molecule has 1 nitrogen and oxygen atoms in total. The number of hydrogen-bond donors (Lipinski definition) is 0. The van der Waals surface area contributed by atoms with E-state index in [4.69, 9.17) is 4.74 Å². The molecule has 0 aliphatic carbocycles. The first-order valence-corrected chi connectivity index (χ1v) is 8.10. The zero-order valence-electron chi connectivity index (χ0n) is 10.5. The van der Waals surface area contributed by atoms with Gasteiger partial charge in [0.05, 0.1) is 11.9 Å². The molecule has 0 fully saturated rings. The van der Waals surface area contributed by atoms with Gasteiger partial charge < -0.3 is 4.74 Å². The minimum atomic E-state index is 0.172.